The SMILES string of the molecule is CC(C)C1=CCC(F)C=C1. The highest BCUT2D eigenvalue weighted by atomic mass is 19.1. The summed E-state index contributed by atoms with van der Waals surface area (Å²) < 4.78 is 12.5. The van der Waals surface area contributed by atoms with Gasteiger partial charge < -0.3 is 0 Å². The molecule has 1 aliphatic rings. The Kier molecular flexibility index (Phi) is 2.25. The third-order valence-electron chi connectivity index (χ3n) is 1.74. The molecule has 1 heteroatoms. The summed E-state index contributed by atoms with van der Waals surface area (Å²) in [5, 5.41) is 0. The molecule has 0 aromatic heterocycles. The Hall–Kier alpha value is -0.590. The van der Waals surface area contributed by atoms with Crippen molar-refractivity contribution in [2.45, 2.75) is 26.4 Å². The predicted molar refractivity (Wildman–Crippen MR) is 41.6 cm³/mol. The van der Waals surface area contributed by atoms with Gasteiger partial charge in [-0.3, -0.25) is 0 Å². The molecule has 0 saturated heterocycles. The van der Waals surface area contributed by atoms with Crippen molar-refractivity contribution in [1.82, 2.24) is 0 Å². The van der Waals surface area contributed by atoms with E-state index >= 15 is 0 Å². The van der Waals surface area contributed by atoms with E-state index in [1.165, 1.54) is 5.57 Å². The van der Waals surface area contributed by atoms with Crippen molar-refractivity contribution >= 4 is 0 Å². The summed E-state index contributed by atoms with van der Waals surface area (Å²) in [4.78, 5) is 0. The molecule has 0 bridgehead atoms. The fourth-order valence-electron chi connectivity index (χ4n) is 1.04. The highest BCUT2D eigenvalue weighted by molar-refractivity contribution is 5.25. The molecule has 0 heterocycles. The Bertz CT molecular complexity index is 166. The van der Waals surface area contributed by atoms with Gasteiger partial charge in [0.15, 0.2) is 0 Å². The molecule has 0 saturated carbocycles. The van der Waals surface area contributed by atoms with E-state index in [9.17, 15) is 4.39 Å². The first kappa shape index (κ1) is 7.52. The zero-order valence-corrected chi connectivity index (χ0v) is 6.47. The summed E-state index contributed by atoms with van der Waals surface area (Å²) in [6, 6.07) is 0. The van der Waals surface area contributed by atoms with Crippen molar-refractivity contribution in [2.24, 2.45) is 5.92 Å². The van der Waals surface area contributed by atoms with Crippen LogP contribution in [-0.4, -0.2) is 6.17 Å². The van der Waals surface area contributed by atoms with E-state index in [0.29, 0.717) is 12.3 Å². The molecule has 1 aliphatic carbocycles. The minimum atomic E-state index is -0.748. The van der Waals surface area contributed by atoms with E-state index in [4.69, 9.17) is 0 Å². The molecule has 1 rings (SSSR count). The van der Waals surface area contributed by atoms with Crippen molar-refractivity contribution in [3.05, 3.63) is 23.8 Å². The second-order valence-corrected chi connectivity index (χ2v) is 2.97. The molecule has 0 nitrogen and oxygen atoms in total. The molecule has 0 spiro atoms. The maximum absolute atomic E-state index is 12.5. The predicted octanol–water partition coefficient (Wildman–Crippen LogP) is 2.87. The lowest BCUT2D eigenvalue weighted by Gasteiger charge is -2.11. The van der Waals surface area contributed by atoms with Crippen LogP contribution in [0, 0.1) is 5.92 Å². The molecule has 0 aromatic carbocycles. The van der Waals surface area contributed by atoms with Crippen LogP contribution in [0.15, 0.2) is 23.8 Å². The molecular formula is C9H13F. The van der Waals surface area contributed by atoms with E-state index in [0.717, 1.165) is 0 Å². The first-order valence-corrected chi connectivity index (χ1v) is 3.72. The number of alkyl halides is 1. The quantitative estimate of drug-likeness (QED) is 0.525. The summed E-state index contributed by atoms with van der Waals surface area (Å²) in [6.45, 7) is 4.24. The van der Waals surface area contributed by atoms with Gasteiger partial charge in [0.2, 0.25) is 0 Å². The number of halogens is 1. The number of hydrogen-bond donors (Lipinski definition) is 0. The van der Waals surface area contributed by atoms with Gasteiger partial charge in [0.25, 0.3) is 0 Å². The van der Waals surface area contributed by atoms with Crippen molar-refractivity contribution in [3.63, 3.8) is 0 Å². The third-order valence-corrected chi connectivity index (χ3v) is 1.74. The fraction of sp³-hybridized carbons (Fsp3) is 0.556. The second kappa shape index (κ2) is 3.00. The van der Waals surface area contributed by atoms with Gasteiger partial charge in [-0.1, -0.05) is 32.1 Å². The van der Waals surface area contributed by atoms with Gasteiger partial charge in [0, 0.05) is 6.42 Å². The molecule has 1 unspecified atom stereocenters. The van der Waals surface area contributed by atoms with Crippen LogP contribution < -0.4 is 0 Å². The largest absolute Gasteiger partial charge is 0.243 e. The third kappa shape index (κ3) is 1.69. The first-order valence-electron chi connectivity index (χ1n) is 3.72. The minimum Gasteiger partial charge on any atom is -0.243 e. The van der Waals surface area contributed by atoms with Crippen LogP contribution in [0.3, 0.4) is 0 Å². The Balaban J connectivity index is 2.59. The Morgan fingerprint density at radius 2 is 2.30 bits per heavy atom. The highest BCUT2D eigenvalue weighted by Gasteiger charge is 2.07. The van der Waals surface area contributed by atoms with Crippen LogP contribution in [0.25, 0.3) is 0 Å². The maximum Gasteiger partial charge on any atom is 0.122 e. The Morgan fingerprint density at radius 1 is 1.60 bits per heavy atom. The van der Waals surface area contributed by atoms with E-state index in [1.807, 2.05) is 12.2 Å². The molecule has 0 fully saturated rings. The van der Waals surface area contributed by atoms with Gasteiger partial charge in [-0.2, -0.15) is 0 Å². The van der Waals surface area contributed by atoms with Gasteiger partial charge >= 0.3 is 0 Å². The van der Waals surface area contributed by atoms with Crippen molar-refractivity contribution in [1.29, 1.82) is 0 Å². The summed E-state index contributed by atoms with van der Waals surface area (Å²) in [5.74, 6) is 0.531. The molecule has 0 aromatic rings. The summed E-state index contributed by atoms with van der Waals surface area (Å²) in [5.41, 5.74) is 1.26. The number of allylic oxidation sites excluding steroid dienone is 4. The standard InChI is InChI=1S/C9H13F/c1-7(2)8-3-5-9(10)6-4-8/h3-5,7,9H,6H2,1-2H3. The number of hydrogen-bond acceptors (Lipinski definition) is 0. The van der Waals surface area contributed by atoms with Crippen LogP contribution in [0.5, 0.6) is 0 Å². The molecule has 0 N–H and O–H groups in total. The van der Waals surface area contributed by atoms with E-state index in [-0.39, 0.29) is 0 Å². The molecule has 56 valence electrons. The zero-order valence-electron chi connectivity index (χ0n) is 6.47. The highest BCUT2D eigenvalue weighted by Crippen LogP contribution is 2.18. The monoisotopic (exact) mass is 140 g/mol. The Labute approximate surface area is 61.4 Å². The Morgan fingerprint density at radius 3 is 2.70 bits per heavy atom. The van der Waals surface area contributed by atoms with Crippen LogP contribution >= 0.6 is 0 Å². The average molecular weight is 140 g/mol. The zero-order chi connectivity index (χ0) is 7.56. The van der Waals surface area contributed by atoms with Crippen LogP contribution in [0.4, 0.5) is 4.39 Å². The first-order chi connectivity index (χ1) is 4.70. The van der Waals surface area contributed by atoms with Gasteiger partial charge in [-0.05, 0) is 11.5 Å². The lowest BCUT2D eigenvalue weighted by atomic mass is 9.97. The molecule has 1 atom stereocenters. The minimum absolute atomic E-state index is 0.531. The molecular weight excluding hydrogens is 127 g/mol. The lowest BCUT2D eigenvalue weighted by Crippen LogP contribution is -2.01. The van der Waals surface area contributed by atoms with Gasteiger partial charge in [0.05, 0.1) is 0 Å². The van der Waals surface area contributed by atoms with Crippen molar-refractivity contribution in [2.75, 3.05) is 0 Å². The normalized spacial score (nSPS) is 25.2. The fourth-order valence-corrected chi connectivity index (χ4v) is 1.04. The topological polar surface area (TPSA) is 0 Å². The van der Waals surface area contributed by atoms with Crippen LogP contribution in [0.2, 0.25) is 0 Å². The van der Waals surface area contributed by atoms with Gasteiger partial charge in [0.1, 0.15) is 6.17 Å². The summed E-state index contributed by atoms with van der Waals surface area (Å²) in [7, 11) is 0. The summed E-state index contributed by atoms with van der Waals surface area (Å²) in [6.07, 6.45) is 5.32. The van der Waals surface area contributed by atoms with Crippen LogP contribution in [-0.2, 0) is 0 Å². The van der Waals surface area contributed by atoms with Crippen LogP contribution in [0.1, 0.15) is 20.3 Å². The molecule has 0 radical (unpaired) electrons. The van der Waals surface area contributed by atoms with Gasteiger partial charge in [-0.15, -0.1) is 0 Å². The lowest BCUT2D eigenvalue weighted by molar-refractivity contribution is 0.399. The smallest absolute Gasteiger partial charge is 0.122 e. The van der Waals surface area contributed by atoms with Gasteiger partial charge in [-0.25, -0.2) is 4.39 Å². The maximum atomic E-state index is 12.5. The molecule has 0 amide bonds. The summed E-state index contributed by atoms with van der Waals surface area (Å²) >= 11 is 0. The second-order valence-electron chi connectivity index (χ2n) is 2.97. The molecule has 10 heavy (non-hydrogen) atoms. The van der Waals surface area contributed by atoms with E-state index in [1.54, 1.807) is 6.08 Å². The molecule has 0 aliphatic heterocycles. The van der Waals surface area contributed by atoms with Crippen molar-refractivity contribution < 1.29 is 4.39 Å². The average Bonchev–Trinajstić information content (AvgIpc) is 1.88. The van der Waals surface area contributed by atoms with E-state index < -0.39 is 6.17 Å². The van der Waals surface area contributed by atoms with Crippen molar-refractivity contribution in [3.8, 4) is 0 Å². The van der Waals surface area contributed by atoms with E-state index in [2.05, 4.69) is 13.8 Å². The number of rotatable bonds is 1.